The molecule has 0 aliphatic carbocycles. The molecule has 5 heteroatoms. The summed E-state index contributed by atoms with van der Waals surface area (Å²) in [7, 11) is 0. The molecule has 0 aliphatic heterocycles. The Morgan fingerprint density at radius 1 is 1.24 bits per heavy atom. The summed E-state index contributed by atoms with van der Waals surface area (Å²) in [5.74, 6) is -0.593. The lowest BCUT2D eigenvalue weighted by molar-refractivity contribution is -0.121. The van der Waals surface area contributed by atoms with Crippen LogP contribution in [0.5, 0.6) is 5.75 Å². The van der Waals surface area contributed by atoms with E-state index in [1.165, 1.54) is 0 Å². The van der Waals surface area contributed by atoms with Crippen LogP contribution in [0.25, 0.3) is 0 Å². The van der Waals surface area contributed by atoms with Crippen molar-refractivity contribution in [2.75, 3.05) is 6.61 Å². The third-order valence-electron chi connectivity index (χ3n) is 1.81. The van der Waals surface area contributed by atoms with Crippen LogP contribution in [0.3, 0.4) is 0 Å². The van der Waals surface area contributed by atoms with Crippen molar-refractivity contribution in [2.45, 2.75) is 20.0 Å². The predicted molar refractivity (Wildman–Crippen MR) is 61.7 cm³/mol. The Labute approximate surface area is 99.5 Å². The molecule has 17 heavy (non-hydrogen) atoms. The Morgan fingerprint density at radius 2 is 1.82 bits per heavy atom. The smallest absolute Gasteiger partial charge is 0.338 e. The summed E-state index contributed by atoms with van der Waals surface area (Å²) in [5.41, 5.74) is 5.21. The fraction of sp³-hybridized carbons (Fsp3) is 0.333. The molecule has 1 aromatic rings. The molecule has 2 N–H and O–H groups in total. The van der Waals surface area contributed by atoms with Gasteiger partial charge in [0.05, 0.1) is 11.7 Å². The molecule has 5 nitrogen and oxygen atoms in total. The van der Waals surface area contributed by atoms with Crippen molar-refractivity contribution < 1.29 is 19.1 Å². The van der Waals surface area contributed by atoms with Crippen molar-refractivity contribution in [3.8, 4) is 5.75 Å². The van der Waals surface area contributed by atoms with Gasteiger partial charge in [0, 0.05) is 0 Å². The zero-order valence-corrected chi connectivity index (χ0v) is 9.80. The van der Waals surface area contributed by atoms with Crippen LogP contribution >= 0.6 is 0 Å². The Morgan fingerprint density at radius 3 is 2.29 bits per heavy atom. The standard InChI is InChI=1S/C12H15NO4/c1-8(2)17-10-5-3-9(4-6-10)12(15)16-7-11(13)14/h3-6,8H,7H2,1-2H3,(H2,13,14). The molecule has 0 heterocycles. The van der Waals surface area contributed by atoms with Crippen LogP contribution < -0.4 is 10.5 Å². The van der Waals surface area contributed by atoms with Crippen molar-refractivity contribution in [3.05, 3.63) is 29.8 Å². The minimum absolute atomic E-state index is 0.0719. The van der Waals surface area contributed by atoms with Crippen LogP contribution in [0, 0.1) is 0 Å². The maximum Gasteiger partial charge on any atom is 0.338 e. The van der Waals surface area contributed by atoms with Gasteiger partial charge in [-0.25, -0.2) is 4.79 Å². The molecule has 1 aromatic carbocycles. The average molecular weight is 237 g/mol. The number of esters is 1. The molecule has 0 aromatic heterocycles. The second-order valence-electron chi connectivity index (χ2n) is 3.73. The van der Waals surface area contributed by atoms with E-state index in [1.54, 1.807) is 24.3 Å². The highest BCUT2D eigenvalue weighted by atomic mass is 16.5. The van der Waals surface area contributed by atoms with E-state index in [4.69, 9.17) is 10.5 Å². The Hall–Kier alpha value is -2.04. The zero-order valence-electron chi connectivity index (χ0n) is 9.80. The summed E-state index contributed by atoms with van der Waals surface area (Å²) in [6.45, 7) is 3.41. The van der Waals surface area contributed by atoms with Gasteiger partial charge in [-0.1, -0.05) is 0 Å². The quantitative estimate of drug-likeness (QED) is 0.778. The molecule has 0 fully saturated rings. The van der Waals surface area contributed by atoms with Gasteiger partial charge in [0.15, 0.2) is 6.61 Å². The number of rotatable bonds is 5. The van der Waals surface area contributed by atoms with E-state index in [9.17, 15) is 9.59 Å². The van der Waals surface area contributed by atoms with Gasteiger partial charge >= 0.3 is 5.97 Å². The second kappa shape index (κ2) is 5.89. The summed E-state index contributed by atoms with van der Waals surface area (Å²) in [4.78, 5) is 21.8. The lowest BCUT2D eigenvalue weighted by Crippen LogP contribution is -2.20. The highest BCUT2D eigenvalue weighted by molar-refractivity contribution is 5.91. The van der Waals surface area contributed by atoms with Crippen LogP contribution in [0.1, 0.15) is 24.2 Å². The molecule has 0 saturated carbocycles. The minimum Gasteiger partial charge on any atom is -0.491 e. The van der Waals surface area contributed by atoms with Crippen molar-refractivity contribution in [3.63, 3.8) is 0 Å². The maximum atomic E-state index is 11.4. The summed E-state index contributed by atoms with van der Waals surface area (Å²) in [6, 6.07) is 6.48. The van der Waals surface area contributed by atoms with Crippen LogP contribution in [0.2, 0.25) is 0 Å². The van der Waals surface area contributed by atoms with Crippen LogP contribution in [-0.2, 0) is 9.53 Å². The highest BCUT2D eigenvalue weighted by Crippen LogP contribution is 2.14. The third kappa shape index (κ3) is 4.55. The van der Waals surface area contributed by atoms with E-state index < -0.39 is 18.5 Å². The summed E-state index contributed by atoms with van der Waals surface area (Å²) in [5, 5.41) is 0. The fourth-order valence-corrected chi connectivity index (χ4v) is 1.16. The summed E-state index contributed by atoms with van der Waals surface area (Å²) >= 11 is 0. The number of benzene rings is 1. The van der Waals surface area contributed by atoms with Crippen molar-refractivity contribution in [1.82, 2.24) is 0 Å². The molecule has 0 radical (unpaired) electrons. The lowest BCUT2D eigenvalue weighted by Gasteiger charge is -2.09. The van der Waals surface area contributed by atoms with E-state index in [2.05, 4.69) is 4.74 Å². The van der Waals surface area contributed by atoms with E-state index in [0.717, 1.165) is 0 Å². The maximum absolute atomic E-state index is 11.4. The Kier molecular flexibility index (Phi) is 4.51. The number of hydrogen-bond acceptors (Lipinski definition) is 4. The second-order valence-corrected chi connectivity index (χ2v) is 3.73. The molecule has 0 saturated heterocycles. The highest BCUT2D eigenvalue weighted by Gasteiger charge is 2.08. The number of hydrogen-bond donors (Lipinski definition) is 1. The molecule has 0 atom stereocenters. The van der Waals surface area contributed by atoms with Gasteiger partial charge in [-0.3, -0.25) is 4.79 Å². The van der Waals surface area contributed by atoms with Gasteiger partial charge in [-0.05, 0) is 38.1 Å². The molecule has 0 spiro atoms. The number of carbonyl (C=O) groups is 2. The number of primary amides is 1. The van der Waals surface area contributed by atoms with Gasteiger partial charge < -0.3 is 15.2 Å². The Bertz CT molecular complexity index is 397. The molecule has 0 aliphatic rings. The van der Waals surface area contributed by atoms with E-state index in [0.29, 0.717) is 11.3 Å². The predicted octanol–water partition coefficient (Wildman–Crippen LogP) is 1.12. The SMILES string of the molecule is CC(C)Oc1ccc(C(=O)OCC(N)=O)cc1. The van der Waals surface area contributed by atoms with E-state index in [1.807, 2.05) is 13.8 Å². The fourth-order valence-electron chi connectivity index (χ4n) is 1.16. The van der Waals surface area contributed by atoms with Crippen molar-refractivity contribution in [2.24, 2.45) is 5.73 Å². The first-order valence-electron chi connectivity index (χ1n) is 5.21. The molecular weight excluding hydrogens is 222 g/mol. The first kappa shape index (κ1) is 13.0. The molecule has 92 valence electrons. The summed E-state index contributed by atoms with van der Waals surface area (Å²) < 4.78 is 10.1. The number of ether oxygens (including phenoxy) is 2. The molecule has 1 amide bonds. The normalized spacial score (nSPS) is 10.1. The molecule has 1 rings (SSSR count). The molecular formula is C12H15NO4. The number of carbonyl (C=O) groups excluding carboxylic acids is 2. The largest absolute Gasteiger partial charge is 0.491 e. The number of nitrogens with two attached hydrogens (primary N) is 1. The monoisotopic (exact) mass is 237 g/mol. The lowest BCUT2D eigenvalue weighted by atomic mass is 10.2. The van der Waals surface area contributed by atoms with Gasteiger partial charge in [-0.2, -0.15) is 0 Å². The van der Waals surface area contributed by atoms with Gasteiger partial charge in [0.2, 0.25) is 0 Å². The Balaban J connectivity index is 2.60. The first-order chi connectivity index (χ1) is 7.99. The van der Waals surface area contributed by atoms with Gasteiger partial charge in [0.25, 0.3) is 5.91 Å². The number of amides is 1. The van der Waals surface area contributed by atoms with Gasteiger partial charge in [-0.15, -0.1) is 0 Å². The zero-order chi connectivity index (χ0) is 12.8. The minimum atomic E-state index is -0.682. The molecule has 0 bridgehead atoms. The van der Waals surface area contributed by atoms with Crippen LogP contribution in [0.15, 0.2) is 24.3 Å². The average Bonchev–Trinajstić information content (AvgIpc) is 2.26. The summed E-state index contributed by atoms with van der Waals surface area (Å²) in [6.07, 6.45) is 0.0719. The molecule has 0 unspecified atom stereocenters. The van der Waals surface area contributed by atoms with E-state index in [-0.39, 0.29) is 6.10 Å². The third-order valence-corrected chi connectivity index (χ3v) is 1.81. The van der Waals surface area contributed by atoms with E-state index >= 15 is 0 Å². The topological polar surface area (TPSA) is 78.6 Å². The van der Waals surface area contributed by atoms with Crippen LogP contribution in [0.4, 0.5) is 0 Å². The van der Waals surface area contributed by atoms with Gasteiger partial charge in [0.1, 0.15) is 5.75 Å². The van der Waals surface area contributed by atoms with Crippen LogP contribution in [-0.4, -0.2) is 24.6 Å². The first-order valence-corrected chi connectivity index (χ1v) is 5.21. The van der Waals surface area contributed by atoms with Crippen molar-refractivity contribution in [1.29, 1.82) is 0 Å². The van der Waals surface area contributed by atoms with Crippen molar-refractivity contribution >= 4 is 11.9 Å².